The minimum atomic E-state index is -0.0113. The summed E-state index contributed by atoms with van der Waals surface area (Å²) in [5, 5.41) is 13.2. The third kappa shape index (κ3) is 4.45. The van der Waals surface area contributed by atoms with Crippen LogP contribution in [-0.4, -0.2) is 11.7 Å². The lowest BCUT2D eigenvalue weighted by atomic mass is 9.89. The zero-order chi connectivity index (χ0) is 17.8. The molecule has 5 heteroatoms. The first-order valence-electron chi connectivity index (χ1n) is 8.60. The van der Waals surface area contributed by atoms with Gasteiger partial charge in [0, 0.05) is 21.9 Å². The molecule has 0 bridgehead atoms. The minimum Gasteiger partial charge on any atom is -0.317 e. The smallest absolute Gasteiger partial charge is 0.225 e. The fourth-order valence-corrected chi connectivity index (χ4v) is 5.27. The summed E-state index contributed by atoms with van der Waals surface area (Å²) in [7, 11) is 0. The molecular formula is C20H22N2OS2. The number of thiophene rings is 1. The van der Waals surface area contributed by atoms with Crippen LogP contribution in [-0.2, 0) is 17.6 Å². The molecule has 1 N–H and O–H groups in total. The van der Waals surface area contributed by atoms with Crippen LogP contribution in [0.1, 0.15) is 41.3 Å². The van der Waals surface area contributed by atoms with E-state index in [0.717, 1.165) is 35.6 Å². The number of hydrogen-bond acceptors (Lipinski definition) is 4. The molecule has 1 aliphatic rings. The lowest BCUT2D eigenvalue weighted by Crippen LogP contribution is -2.12. The Morgan fingerprint density at radius 3 is 2.88 bits per heavy atom. The molecule has 0 radical (unpaired) electrons. The largest absolute Gasteiger partial charge is 0.317 e. The Morgan fingerprint density at radius 2 is 2.16 bits per heavy atom. The van der Waals surface area contributed by atoms with Crippen LogP contribution in [0.3, 0.4) is 0 Å². The molecular weight excluding hydrogens is 348 g/mol. The normalized spacial score (nSPS) is 16.1. The summed E-state index contributed by atoms with van der Waals surface area (Å²) < 4.78 is 0. The number of thioether (sulfide) groups is 1. The van der Waals surface area contributed by atoms with Crippen molar-refractivity contribution in [3.8, 4) is 6.07 Å². The quantitative estimate of drug-likeness (QED) is 0.738. The highest BCUT2D eigenvalue weighted by Gasteiger charge is 2.24. The lowest BCUT2D eigenvalue weighted by Gasteiger charge is -2.17. The van der Waals surface area contributed by atoms with Gasteiger partial charge in [-0.1, -0.05) is 24.6 Å². The maximum atomic E-state index is 12.3. The van der Waals surface area contributed by atoms with Crippen LogP contribution in [0.25, 0.3) is 0 Å². The van der Waals surface area contributed by atoms with E-state index in [1.807, 2.05) is 0 Å². The van der Waals surface area contributed by atoms with E-state index in [2.05, 4.69) is 49.5 Å². The zero-order valence-corrected chi connectivity index (χ0v) is 16.2. The summed E-state index contributed by atoms with van der Waals surface area (Å²) in [6.07, 6.45) is 3.55. The number of fused-ring (bicyclic) bond motifs is 1. The van der Waals surface area contributed by atoms with Crippen molar-refractivity contribution < 1.29 is 4.79 Å². The highest BCUT2D eigenvalue weighted by molar-refractivity contribution is 7.99. The van der Waals surface area contributed by atoms with E-state index in [4.69, 9.17) is 0 Å². The van der Waals surface area contributed by atoms with Gasteiger partial charge in [-0.15, -0.1) is 23.1 Å². The molecule has 1 aliphatic carbocycles. The second-order valence-electron chi connectivity index (χ2n) is 6.63. The maximum absolute atomic E-state index is 12.3. The maximum Gasteiger partial charge on any atom is 0.225 e. The highest BCUT2D eigenvalue weighted by atomic mass is 32.2. The summed E-state index contributed by atoms with van der Waals surface area (Å²) in [6, 6.07) is 10.6. The summed E-state index contributed by atoms with van der Waals surface area (Å²) in [6.45, 7) is 4.31. The molecule has 25 heavy (non-hydrogen) atoms. The van der Waals surface area contributed by atoms with Gasteiger partial charge in [-0.05, 0) is 49.8 Å². The number of carbonyl (C=O) groups excluding carboxylic acids is 1. The number of aryl methyl sites for hydroxylation is 1. The van der Waals surface area contributed by atoms with Crippen LogP contribution in [0.15, 0.2) is 29.2 Å². The minimum absolute atomic E-state index is 0.0113. The Morgan fingerprint density at radius 1 is 1.40 bits per heavy atom. The standard InChI is InChI=1S/C20H22N2OS2/c1-13-3-6-15(7-4-13)24-10-9-19(23)22-20-17(12-21)16-8-5-14(2)11-18(16)25-20/h3-4,6-7,14H,5,8-11H2,1-2H3,(H,22,23)/t14-/m1/s1. The van der Waals surface area contributed by atoms with E-state index in [-0.39, 0.29) is 5.91 Å². The Bertz CT molecular complexity index is 802. The fraction of sp³-hybridized carbons (Fsp3) is 0.400. The molecule has 1 aromatic heterocycles. The molecule has 130 valence electrons. The van der Waals surface area contributed by atoms with Gasteiger partial charge < -0.3 is 5.32 Å². The van der Waals surface area contributed by atoms with E-state index < -0.39 is 0 Å². The van der Waals surface area contributed by atoms with Gasteiger partial charge in [-0.25, -0.2) is 0 Å². The molecule has 1 amide bonds. The van der Waals surface area contributed by atoms with Crippen molar-refractivity contribution in [1.82, 2.24) is 0 Å². The van der Waals surface area contributed by atoms with Crippen molar-refractivity contribution in [3.05, 3.63) is 45.8 Å². The van der Waals surface area contributed by atoms with Gasteiger partial charge in [0.1, 0.15) is 11.1 Å². The average molecular weight is 371 g/mol. The van der Waals surface area contributed by atoms with Crippen molar-refractivity contribution in [2.24, 2.45) is 5.92 Å². The molecule has 0 aliphatic heterocycles. The number of rotatable bonds is 5. The number of nitrogens with one attached hydrogen (secondary N) is 1. The first-order valence-corrected chi connectivity index (χ1v) is 10.4. The van der Waals surface area contributed by atoms with E-state index in [1.165, 1.54) is 15.3 Å². The van der Waals surface area contributed by atoms with Gasteiger partial charge in [0.2, 0.25) is 5.91 Å². The predicted octanol–water partition coefficient (Wildman–Crippen LogP) is 5.17. The molecule has 0 saturated heterocycles. The third-order valence-corrected chi connectivity index (χ3v) is 6.68. The average Bonchev–Trinajstić information content (AvgIpc) is 2.92. The highest BCUT2D eigenvalue weighted by Crippen LogP contribution is 2.39. The number of amides is 1. The summed E-state index contributed by atoms with van der Waals surface area (Å²) in [4.78, 5) is 14.7. The van der Waals surface area contributed by atoms with Gasteiger partial charge in [0.15, 0.2) is 0 Å². The van der Waals surface area contributed by atoms with E-state index in [0.29, 0.717) is 17.9 Å². The van der Waals surface area contributed by atoms with E-state index in [9.17, 15) is 10.1 Å². The molecule has 0 fully saturated rings. The molecule has 0 unspecified atom stereocenters. The topological polar surface area (TPSA) is 52.9 Å². The Hall–Kier alpha value is -1.77. The molecule has 0 spiro atoms. The van der Waals surface area contributed by atoms with Crippen LogP contribution in [0.5, 0.6) is 0 Å². The molecule has 3 rings (SSSR count). The number of nitriles is 1. The molecule has 1 aromatic carbocycles. The van der Waals surface area contributed by atoms with E-state index in [1.54, 1.807) is 23.1 Å². The van der Waals surface area contributed by atoms with Gasteiger partial charge in [-0.2, -0.15) is 5.26 Å². The first kappa shape index (κ1) is 18.0. The third-order valence-electron chi connectivity index (χ3n) is 4.50. The van der Waals surface area contributed by atoms with Crippen LogP contribution in [0.4, 0.5) is 5.00 Å². The van der Waals surface area contributed by atoms with Crippen molar-refractivity contribution in [1.29, 1.82) is 5.26 Å². The van der Waals surface area contributed by atoms with Crippen molar-refractivity contribution in [2.75, 3.05) is 11.1 Å². The van der Waals surface area contributed by atoms with Crippen LogP contribution >= 0.6 is 23.1 Å². The molecule has 0 saturated carbocycles. The molecule has 1 heterocycles. The summed E-state index contributed by atoms with van der Waals surface area (Å²) in [5.74, 6) is 1.38. The SMILES string of the molecule is Cc1ccc(SCCC(=O)Nc2sc3c(c2C#N)CC[C@@H](C)C3)cc1. The molecule has 1 atom stereocenters. The predicted molar refractivity (Wildman–Crippen MR) is 105 cm³/mol. The number of nitrogens with zero attached hydrogens (tertiary/aromatic N) is 1. The zero-order valence-electron chi connectivity index (χ0n) is 14.6. The fourth-order valence-electron chi connectivity index (χ4n) is 3.04. The Kier molecular flexibility index (Phi) is 5.82. The Labute approximate surface area is 157 Å². The van der Waals surface area contributed by atoms with Crippen molar-refractivity contribution >= 4 is 34.0 Å². The van der Waals surface area contributed by atoms with Crippen LogP contribution in [0, 0.1) is 24.2 Å². The first-order chi connectivity index (χ1) is 12.1. The number of anilines is 1. The molecule has 3 nitrogen and oxygen atoms in total. The lowest BCUT2D eigenvalue weighted by molar-refractivity contribution is -0.115. The second-order valence-corrected chi connectivity index (χ2v) is 8.90. The number of benzene rings is 1. The van der Waals surface area contributed by atoms with Crippen molar-refractivity contribution in [3.63, 3.8) is 0 Å². The van der Waals surface area contributed by atoms with Crippen LogP contribution in [0.2, 0.25) is 0 Å². The second kappa shape index (κ2) is 8.07. The van der Waals surface area contributed by atoms with Crippen molar-refractivity contribution in [2.45, 2.75) is 44.4 Å². The van der Waals surface area contributed by atoms with E-state index >= 15 is 0 Å². The summed E-state index contributed by atoms with van der Waals surface area (Å²) >= 11 is 3.27. The molecule has 2 aromatic rings. The van der Waals surface area contributed by atoms with Crippen LogP contribution < -0.4 is 5.32 Å². The monoisotopic (exact) mass is 370 g/mol. The number of carbonyl (C=O) groups is 1. The van der Waals surface area contributed by atoms with Gasteiger partial charge >= 0.3 is 0 Å². The number of hydrogen-bond donors (Lipinski definition) is 1. The Balaban J connectivity index is 1.58. The summed E-state index contributed by atoms with van der Waals surface area (Å²) in [5.41, 5.74) is 3.09. The van der Waals surface area contributed by atoms with Gasteiger partial charge in [0.25, 0.3) is 0 Å². The van der Waals surface area contributed by atoms with Gasteiger partial charge in [0.05, 0.1) is 5.56 Å². The van der Waals surface area contributed by atoms with Gasteiger partial charge in [-0.3, -0.25) is 4.79 Å².